The first kappa shape index (κ1) is 28.8. The number of hydrazone groups is 1. The monoisotopic (exact) mass is 575 g/mol. The lowest BCUT2D eigenvalue weighted by molar-refractivity contribution is -0.132. The summed E-state index contributed by atoms with van der Waals surface area (Å²) in [5.74, 6) is -0.957. The van der Waals surface area contributed by atoms with Crippen LogP contribution in [0.25, 0.3) is 22.0 Å². The molecule has 0 atom stereocenters. The molecule has 0 aliphatic carbocycles. The predicted molar refractivity (Wildman–Crippen MR) is 164 cm³/mol. The Labute approximate surface area is 248 Å². The van der Waals surface area contributed by atoms with E-state index in [0.29, 0.717) is 11.3 Å². The fraction of sp³-hybridized carbons (Fsp3) is 0.118. The maximum Gasteiger partial charge on any atom is 0.343 e. The molecule has 5 rings (SSSR count). The minimum Gasteiger partial charge on any atom is -0.493 e. The number of aryl methyl sites for hydroxylation is 1. The van der Waals surface area contributed by atoms with E-state index in [1.165, 1.54) is 38.4 Å². The maximum absolute atomic E-state index is 13.4. The maximum atomic E-state index is 13.4. The van der Waals surface area contributed by atoms with Gasteiger partial charge in [0.25, 0.3) is 5.91 Å². The number of methoxy groups -OCH3 is 1. The molecule has 5 aromatic rings. The van der Waals surface area contributed by atoms with E-state index in [-0.39, 0.29) is 22.8 Å². The SMILES string of the molecule is CCc1cccc2c(-c3ccccc3)c(C(=O)NN=Cc3ccccc3OC(=O)c3ccc(OC(C)=O)c(OC)c3)[nH]c12. The van der Waals surface area contributed by atoms with Crippen LogP contribution in [0.3, 0.4) is 0 Å². The molecule has 9 nitrogen and oxygen atoms in total. The molecule has 0 unspecified atom stereocenters. The number of hydrogen-bond donors (Lipinski definition) is 2. The molecule has 0 bridgehead atoms. The van der Waals surface area contributed by atoms with Gasteiger partial charge in [0.1, 0.15) is 11.4 Å². The lowest BCUT2D eigenvalue weighted by atomic mass is 10.00. The molecular formula is C34H29N3O6. The van der Waals surface area contributed by atoms with Gasteiger partial charge in [-0.25, -0.2) is 10.2 Å². The van der Waals surface area contributed by atoms with E-state index in [0.717, 1.165) is 34.0 Å². The Morgan fingerprint density at radius 3 is 2.37 bits per heavy atom. The van der Waals surface area contributed by atoms with Gasteiger partial charge in [0.05, 0.1) is 18.9 Å². The zero-order valence-electron chi connectivity index (χ0n) is 23.8. The van der Waals surface area contributed by atoms with E-state index in [1.807, 2.05) is 48.5 Å². The summed E-state index contributed by atoms with van der Waals surface area (Å²) < 4.78 is 16.0. The van der Waals surface area contributed by atoms with Crippen molar-refractivity contribution in [2.24, 2.45) is 5.10 Å². The number of nitrogens with zero attached hydrogens (tertiary/aromatic N) is 1. The van der Waals surface area contributed by atoms with Crippen molar-refractivity contribution in [3.05, 3.63) is 113 Å². The third-order valence-electron chi connectivity index (χ3n) is 6.73. The van der Waals surface area contributed by atoms with Crippen molar-refractivity contribution in [2.45, 2.75) is 20.3 Å². The normalized spacial score (nSPS) is 11.0. The van der Waals surface area contributed by atoms with Crippen LogP contribution in [0.1, 0.15) is 45.8 Å². The molecule has 0 radical (unpaired) electrons. The number of rotatable bonds is 9. The Morgan fingerprint density at radius 1 is 0.860 bits per heavy atom. The lowest BCUT2D eigenvalue weighted by Crippen LogP contribution is -2.19. The van der Waals surface area contributed by atoms with Crippen LogP contribution in [-0.4, -0.2) is 36.2 Å². The predicted octanol–water partition coefficient (Wildman–Crippen LogP) is 6.31. The number of aromatic nitrogens is 1. The minimum absolute atomic E-state index is 0.186. The third-order valence-corrected chi connectivity index (χ3v) is 6.73. The highest BCUT2D eigenvalue weighted by Crippen LogP contribution is 2.34. The molecule has 0 saturated heterocycles. The second-order valence-corrected chi connectivity index (χ2v) is 9.52. The number of H-pyrrole nitrogens is 1. The number of aromatic amines is 1. The van der Waals surface area contributed by atoms with E-state index < -0.39 is 17.8 Å². The number of carbonyl (C=O) groups excluding carboxylic acids is 3. The molecular weight excluding hydrogens is 546 g/mol. The molecule has 0 fully saturated rings. The number of para-hydroxylation sites is 2. The van der Waals surface area contributed by atoms with Crippen molar-refractivity contribution < 1.29 is 28.6 Å². The van der Waals surface area contributed by atoms with Crippen molar-refractivity contribution in [3.63, 3.8) is 0 Å². The first-order chi connectivity index (χ1) is 20.9. The number of fused-ring (bicyclic) bond motifs is 1. The quantitative estimate of drug-likeness (QED) is 0.0920. The van der Waals surface area contributed by atoms with Gasteiger partial charge in [-0.2, -0.15) is 5.10 Å². The summed E-state index contributed by atoms with van der Waals surface area (Å²) in [5, 5.41) is 5.12. The van der Waals surface area contributed by atoms with Crippen LogP contribution in [-0.2, 0) is 11.2 Å². The van der Waals surface area contributed by atoms with Gasteiger partial charge in [-0.15, -0.1) is 0 Å². The zero-order valence-corrected chi connectivity index (χ0v) is 23.8. The van der Waals surface area contributed by atoms with E-state index in [1.54, 1.807) is 24.3 Å². The fourth-order valence-electron chi connectivity index (χ4n) is 4.74. The lowest BCUT2D eigenvalue weighted by Gasteiger charge is -2.11. The highest BCUT2D eigenvalue weighted by atomic mass is 16.6. The van der Waals surface area contributed by atoms with Gasteiger partial charge in [0, 0.05) is 29.0 Å². The number of amides is 1. The van der Waals surface area contributed by atoms with Gasteiger partial charge >= 0.3 is 11.9 Å². The Hall–Kier alpha value is -5.70. The summed E-state index contributed by atoms with van der Waals surface area (Å²) in [4.78, 5) is 41.0. The molecule has 0 saturated carbocycles. The van der Waals surface area contributed by atoms with Crippen molar-refractivity contribution >= 4 is 35.0 Å². The molecule has 9 heteroatoms. The molecule has 1 amide bonds. The van der Waals surface area contributed by atoms with Crippen LogP contribution in [0.15, 0.2) is 96.1 Å². The number of nitrogens with one attached hydrogen (secondary N) is 2. The molecule has 0 aliphatic rings. The Morgan fingerprint density at radius 2 is 1.63 bits per heavy atom. The van der Waals surface area contributed by atoms with Gasteiger partial charge in [0.2, 0.25) is 0 Å². The van der Waals surface area contributed by atoms with E-state index in [9.17, 15) is 14.4 Å². The summed E-state index contributed by atoms with van der Waals surface area (Å²) in [5.41, 5.74) is 7.37. The van der Waals surface area contributed by atoms with Crippen LogP contribution in [0, 0.1) is 0 Å². The average molecular weight is 576 g/mol. The average Bonchev–Trinajstić information content (AvgIpc) is 3.42. The van der Waals surface area contributed by atoms with E-state index in [2.05, 4.69) is 22.4 Å². The van der Waals surface area contributed by atoms with Gasteiger partial charge < -0.3 is 19.2 Å². The molecule has 216 valence electrons. The van der Waals surface area contributed by atoms with Gasteiger partial charge in [-0.1, -0.05) is 67.6 Å². The molecule has 2 N–H and O–H groups in total. The summed E-state index contributed by atoms with van der Waals surface area (Å²) in [7, 11) is 1.40. The number of carbonyl (C=O) groups is 3. The van der Waals surface area contributed by atoms with Gasteiger partial charge in [-0.3, -0.25) is 9.59 Å². The second-order valence-electron chi connectivity index (χ2n) is 9.52. The molecule has 1 heterocycles. The van der Waals surface area contributed by atoms with Gasteiger partial charge in [0.15, 0.2) is 11.5 Å². The van der Waals surface area contributed by atoms with Gasteiger partial charge in [-0.05, 0) is 47.9 Å². The minimum atomic E-state index is -0.658. The molecule has 43 heavy (non-hydrogen) atoms. The molecule has 1 aromatic heterocycles. The first-order valence-electron chi connectivity index (χ1n) is 13.6. The first-order valence-corrected chi connectivity index (χ1v) is 13.6. The standard InChI is InChI=1S/C34H29N3O6/c1-4-22-14-10-15-26-30(23-11-6-5-7-12-23)32(36-31(22)26)33(39)37-35-20-25-13-8-9-16-27(25)43-34(40)24-17-18-28(42-21(2)38)29(19-24)41-3/h5-20,36H,4H2,1-3H3,(H,37,39). The number of hydrogen-bond acceptors (Lipinski definition) is 7. The highest BCUT2D eigenvalue weighted by Gasteiger charge is 2.20. The second kappa shape index (κ2) is 12.9. The van der Waals surface area contributed by atoms with Crippen molar-refractivity contribution in [1.82, 2.24) is 10.4 Å². The summed E-state index contributed by atoms with van der Waals surface area (Å²) in [6.45, 7) is 3.34. The summed E-state index contributed by atoms with van der Waals surface area (Å²) in [6, 6.07) is 26.9. The van der Waals surface area contributed by atoms with Crippen LogP contribution in [0.5, 0.6) is 17.2 Å². The topological polar surface area (TPSA) is 119 Å². The van der Waals surface area contributed by atoms with Crippen molar-refractivity contribution in [3.8, 4) is 28.4 Å². The number of ether oxygens (including phenoxy) is 3. The molecule has 0 spiro atoms. The van der Waals surface area contributed by atoms with Crippen molar-refractivity contribution in [2.75, 3.05) is 7.11 Å². The smallest absolute Gasteiger partial charge is 0.343 e. The number of esters is 2. The Balaban J connectivity index is 1.37. The highest BCUT2D eigenvalue weighted by molar-refractivity contribution is 6.10. The van der Waals surface area contributed by atoms with Crippen LogP contribution < -0.4 is 19.6 Å². The largest absolute Gasteiger partial charge is 0.493 e. The van der Waals surface area contributed by atoms with Crippen LogP contribution in [0.2, 0.25) is 0 Å². The van der Waals surface area contributed by atoms with Crippen LogP contribution >= 0.6 is 0 Å². The third kappa shape index (κ3) is 6.31. The van der Waals surface area contributed by atoms with Crippen molar-refractivity contribution in [1.29, 1.82) is 0 Å². The zero-order chi connectivity index (χ0) is 30.3. The molecule has 4 aromatic carbocycles. The number of benzene rings is 4. The fourth-order valence-corrected chi connectivity index (χ4v) is 4.74. The summed E-state index contributed by atoms with van der Waals surface area (Å²) in [6.07, 6.45) is 2.22. The molecule has 0 aliphatic heterocycles. The Bertz CT molecular complexity index is 1840. The van der Waals surface area contributed by atoms with E-state index >= 15 is 0 Å². The van der Waals surface area contributed by atoms with E-state index in [4.69, 9.17) is 14.2 Å². The summed E-state index contributed by atoms with van der Waals surface area (Å²) >= 11 is 0. The Kier molecular flexibility index (Phi) is 8.62. The van der Waals surface area contributed by atoms with Crippen LogP contribution in [0.4, 0.5) is 0 Å².